The van der Waals surface area contributed by atoms with E-state index in [1.807, 2.05) is 13.0 Å². The van der Waals surface area contributed by atoms with Crippen molar-refractivity contribution < 1.29 is 14.3 Å². The number of halogens is 1. The number of hydrogen-bond acceptors (Lipinski definition) is 5. The van der Waals surface area contributed by atoms with E-state index in [1.165, 1.54) is 0 Å². The molecule has 1 fully saturated rings. The fraction of sp³-hybridized carbons (Fsp3) is 0.333. The van der Waals surface area contributed by atoms with E-state index in [-0.39, 0.29) is 5.91 Å². The molecule has 7 heteroatoms. The van der Waals surface area contributed by atoms with Crippen LogP contribution in [-0.4, -0.2) is 49.2 Å². The van der Waals surface area contributed by atoms with E-state index in [9.17, 15) is 4.79 Å². The van der Waals surface area contributed by atoms with E-state index in [1.54, 1.807) is 36.4 Å². The zero-order valence-corrected chi connectivity index (χ0v) is 15.0. The lowest BCUT2D eigenvalue weighted by Crippen LogP contribution is -2.40. The molecule has 2 heterocycles. The van der Waals surface area contributed by atoms with Crippen LogP contribution in [0.1, 0.15) is 15.9 Å². The topological polar surface area (TPSA) is 63.7 Å². The van der Waals surface area contributed by atoms with Gasteiger partial charge >= 0.3 is 0 Å². The number of benzene rings is 1. The molecule has 132 valence electrons. The van der Waals surface area contributed by atoms with Crippen LogP contribution in [0.4, 0.5) is 11.5 Å². The Bertz CT molecular complexity index is 776. The van der Waals surface area contributed by atoms with Crippen molar-refractivity contribution in [2.24, 2.45) is 0 Å². The number of methoxy groups -OCH3 is 1. The van der Waals surface area contributed by atoms with E-state index in [0.29, 0.717) is 48.5 Å². The number of nitrogens with one attached hydrogen (secondary N) is 1. The number of ether oxygens (including phenoxy) is 2. The maximum absolute atomic E-state index is 12.6. The predicted molar refractivity (Wildman–Crippen MR) is 97.0 cm³/mol. The number of aryl methyl sites for hydroxylation is 1. The number of aromatic nitrogens is 1. The van der Waals surface area contributed by atoms with Crippen LogP contribution in [0.2, 0.25) is 5.02 Å². The van der Waals surface area contributed by atoms with Gasteiger partial charge in [0, 0.05) is 35.9 Å². The number of anilines is 2. The summed E-state index contributed by atoms with van der Waals surface area (Å²) in [5.41, 5.74) is 2.25. The molecule has 0 atom stereocenters. The van der Waals surface area contributed by atoms with Crippen LogP contribution in [0.5, 0.6) is 5.75 Å². The molecule has 2 aromatic rings. The van der Waals surface area contributed by atoms with E-state index in [0.717, 1.165) is 11.3 Å². The van der Waals surface area contributed by atoms with Crippen LogP contribution >= 0.6 is 11.6 Å². The minimum atomic E-state index is -0.0204. The Kier molecular flexibility index (Phi) is 5.40. The van der Waals surface area contributed by atoms with Gasteiger partial charge in [-0.2, -0.15) is 0 Å². The number of amides is 1. The first-order valence-electron chi connectivity index (χ1n) is 8.02. The van der Waals surface area contributed by atoms with E-state index < -0.39 is 0 Å². The molecular formula is C18H20ClN3O3. The van der Waals surface area contributed by atoms with E-state index in [4.69, 9.17) is 21.1 Å². The van der Waals surface area contributed by atoms with Gasteiger partial charge in [-0.25, -0.2) is 4.98 Å². The molecule has 1 amide bonds. The fourth-order valence-electron chi connectivity index (χ4n) is 2.65. The first kappa shape index (κ1) is 17.5. The monoisotopic (exact) mass is 361 g/mol. The van der Waals surface area contributed by atoms with Gasteiger partial charge in [-0.3, -0.25) is 4.79 Å². The smallest absolute Gasteiger partial charge is 0.254 e. The quantitative estimate of drug-likeness (QED) is 0.905. The van der Waals surface area contributed by atoms with Crippen molar-refractivity contribution >= 4 is 29.0 Å². The Morgan fingerprint density at radius 1 is 1.32 bits per heavy atom. The number of pyridine rings is 1. The summed E-state index contributed by atoms with van der Waals surface area (Å²) in [6.07, 6.45) is 1.62. The molecule has 1 N–H and O–H groups in total. The van der Waals surface area contributed by atoms with Crippen LogP contribution in [0, 0.1) is 6.92 Å². The molecular weight excluding hydrogens is 342 g/mol. The fourth-order valence-corrected chi connectivity index (χ4v) is 2.80. The molecule has 1 aliphatic rings. The second kappa shape index (κ2) is 7.72. The summed E-state index contributed by atoms with van der Waals surface area (Å²) in [5, 5.41) is 3.83. The zero-order chi connectivity index (χ0) is 17.8. The second-order valence-corrected chi connectivity index (χ2v) is 6.17. The van der Waals surface area contributed by atoms with Gasteiger partial charge in [0.1, 0.15) is 11.6 Å². The first-order valence-corrected chi connectivity index (χ1v) is 8.40. The summed E-state index contributed by atoms with van der Waals surface area (Å²) in [7, 11) is 1.58. The third kappa shape index (κ3) is 4.03. The lowest BCUT2D eigenvalue weighted by atomic mass is 10.2. The van der Waals surface area contributed by atoms with Gasteiger partial charge in [-0.1, -0.05) is 11.6 Å². The molecule has 0 radical (unpaired) electrons. The second-order valence-electron chi connectivity index (χ2n) is 5.76. The molecule has 1 saturated heterocycles. The van der Waals surface area contributed by atoms with Crippen LogP contribution in [0.15, 0.2) is 30.5 Å². The maximum Gasteiger partial charge on any atom is 0.254 e. The molecule has 1 aliphatic heterocycles. The van der Waals surface area contributed by atoms with Crippen LogP contribution in [0.3, 0.4) is 0 Å². The molecule has 25 heavy (non-hydrogen) atoms. The third-order valence-electron chi connectivity index (χ3n) is 4.05. The van der Waals surface area contributed by atoms with Crippen molar-refractivity contribution in [3.8, 4) is 5.75 Å². The minimum absolute atomic E-state index is 0.0204. The largest absolute Gasteiger partial charge is 0.495 e. The van der Waals surface area contributed by atoms with Crippen molar-refractivity contribution in [2.75, 3.05) is 38.7 Å². The summed E-state index contributed by atoms with van der Waals surface area (Å²) in [5.74, 6) is 1.16. The van der Waals surface area contributed by atoms with Crippen LogP contribution in [-0.2, 0) is 4.74 Å². The summed E-state index contributed by atoms with van der Waals surface area (Å²) < 4.78 is 10.7. The molecule has 0 spiro atoms. The predicted octanol–water partition coefficient (Wildman–Crippen LogP) is 3.27. The molecule has 0 aliphatic carbocycles. The van der Waals surface area contributed by atoms with Crippen molar-refractivity contribution in [2.45, 2.75) is 6.92 Å². The van der Waals surface area contributed by atoms with E-state index in [2.05, 4.69) is 10.3 Å². The highest BCUT2D eigenvalue weighted by atomic mass is 35.5. The van der Waals surface area contributed by atoms with Crippen molar-refractivity contribution in [1.82, 2.24) is 9.88 Å². The average molecular weight is 362 g/mol. The lowest BCUT2D eigenvalue weighted by Gasteiger charge is -2.26. The van der Waals surface area contributed by atoms with Gasteiger partial charge in [0.2, 0.25) is 0 Å². The summed E-state index contributed by atoms with van der Waals surface area (Å²) in [4.78, 5) is 18.7. The Labute approximate surface area is 151 Å². The molecule has 0 unspecified atom stereocenters. The number of rotatable bonds is 4. The zero-order valence-electron chi connectivity index (χ0n) is 14.2. The summed E-state index contributed by atoms with van der Waals surface area (Å²) in [6.45, 7) is 4.27. The molecule has 6 nitrogen and oxygen atoms in total. The Hall–Kier alpha value is -2.31. The first-order chi connectivity index (χ1) is 12.1. The summed E-state index contributed by atoms with van der Waals surface area (Å²) in [6, 6.07) is 7.09. The van der Waals surface area contributed by atoms with Gasteiger partial charge in [0.15, 0.2) is 0 Å². The summed E-state index contributed by atoms with van der Waals surface area (Å²) >= 11 is 6.14. The van der Waals surface area contributed by atoms with Crippen LogP contribution < -0.4 is 10.1 Å². The minimum Gasteiger partial charge on any atom is -0.495 e. The van der Waals surface area contributed by atoms with Gasteiger partial charge in [-0.15, -0.1) is 0 Å². The SMILES string of the molecule is COc1cc(Cl)c(C)cc1Nc1cc(C(=O)N2CCOCC2)ccn1. The highest BCUT2D eigenvalue weighted by molar-refractivity contribution is 6.31. The van der Waals surface area contributed by atoms with Crippen molar-refractivity contribution in [1.29, 1.82) is 0 Å². The van der Waals surface area contributed by atoms with Crippen molar-refractivity contribution in [3.05, 3.63) is 46.6 Å². The molecule has 1 aromatic carbocycles. The number of carbonyl (C=O) groups is 1. The normalized spacial score (nSPS) is 14.3. The molecule has 0 bridgehead atoms. The maximum atomic E-state index is 12.6. The highest BCUT2D eigenvalue weighted by Gasteiger charge is 2.19. The standard InChI is InChI=1S/C18H20ClN3O3/c1-12-9-15(16(24-2)11-14(12)19)21-17-10-13(3-4-20-17)18(23)22-5-7-25-8-6-22/h3-4,9-11H,5-8H2,1-2H3,(H,20,21). The van der Waals surface area contributed by atoms with Gasteiger partial charge in [0.25, 0.3) is 5.91 Å². The lowest BCUT2D eigenvalue weighted by molar-refractivity contribution is 0.0303. The van der Waals surface area contributed by atoms with E-state index >= 15 is 0 Å². The average Bonchev–Trinajstić information content (AvgIpc) is 2.65. The highest BCUT2D eigenvalue weighted by Crippen LogP contribution is 2.32. The van der Waals surface area contributed by atoms with Crippen LogP contribution in [0.25, 0.3) is 0 Å². The molecule has 0 saturated carbocycles. The molecule has 3 rings (SSSR count). The number of nitrogens with zero attached hydrogens (tertiary/aromatic N) is 2. The Balaban J connectivity index is 1.82. The van der Waals surface area contributed by atoms with Gasteiger partial charge in [0.05, 0.1) is 26.0 Å². The van der Waals surface area contributed by atoms with Gasteiger partial charge in [-0.05, 0) is 30.7 Å². The Morgan fingerprint density at radius 3 is 2.80 bits per heavy atom. The molecule has 1 aromatic heterocycles. The third-order valence-corrected chi connectivity index (χ3v) is 4.46. The number of carbonyl (C=O) groups excluding carboxylic acids is 1. The van der Waals surface area contributed by atoms with Gasteiger partial charge < -0.3 is 19.7 Å². The van der Waals surface area contributed by atoms with Crippen molar-refractivity contribution in [3.63, 3.8) is 0 Å². The Morgan fingerprint density at radius 2 is 2.08 bits per heavy atom. The number of morpholine rings is 1. The number of hydrogen-bond donors (Lipinski definition) is 1.